The zero-order chi connectivity index (χ0) is 14.8. The Morgan fingerprint density at radius 2 is 1.84 bits per heavy atom. The third-order valence-corrected chi connectivity index (χ3v) is 3.40. The zero-order valence-corrected chi connectivity index (χ0v) is 12.3. The van der Waals surface area contributed by atoms with Crippen LogP contribution >= 0.6 is 23.2 Å². The summed E-state index contributed by atoms with van der Waals surface area (Å²) < 4.78 is 0. The summed E-state index contributed by atoms with van der Waals surface area (Å²) in [6, 6.07) is 4.77. The molecule has 0 heterocycles. The third kappa shape index (κ3) is 3.85. The van der Waals surface area contributed by atoms with E-state index >= 15 is 0 Å². The van der Waals surface area contributed by atoms with E-state index in [1.54, 1.807) is 39.0 Å². The molecule has 1 rings (SSSR count). The predicted octanol–water partition coefficient (Wildman–Crippen LogP) is 3.68. The van der Waals surface area contributed by atoms with Crippen LogP contribution in [0.3, 0.4) is 0 Å². The van der Waals surface area contributed by atoms with Gasteiger partial charge >= 0.3 is 5.97 Å². The summed E-state index contributed by atoms with van der Waals surface area (Å²) >= 11 is 11.8. The minimum atomic E-state index is -1.18. The molecular weight excluding hydrogens is 289 g/mol. The van der Waals surface area contributed by atoms with Gasteiger partial charge in [0.05, 0.1) is 15.7 Å². The summed E-state index contributed by atoms with van der Waals surface area (Å²) in [5.74, 6) is -2.98. The second-order valence-corrected chi connectivity index (χ2v) is 6.01. The Kier molecular flexibility index (Phi) is 4.82. The van der Waals surface area contributed by atoms with E-state index in [0.29, 0.717) is 10.7 Å². The summed E-state index contributed by atoms with van der Waals surface area (Å²) in [5, 5.41) is 12.1. The summed E-state index contributed by atoms with van der Waals surface area (Å²) in [4.78, 5) is 23.3. The van der Waals surface area contributed by atoms with E-state index in [-0.39, 0.29) is 5.02 Å². The highest BCUT2D eigenvalue weighted by Gasteiger charge is 2.37. The highest BCUT2D eigenvalue weighted by atomic mass is 35.5. The first-order valence-corrected chi connectivity index (χ1v) is 6.38. The van der Waals surface area contributed by atoms with Gasteiger partial charge in [0, 0.05) is 0 Å². The Bertz CT molecular complexity index is 509. The minimum Gasteiger partial charge on any atom is -0.481 e. The van der Waals surface area contributed by atoms with Crippen molar-refractivity contribution in [2.75, 3.05) is 5.32 Å². The molecule has 0 saturated heterocycles. The van der Waals surface area contributed by atoms with Gasteiger partial charge < -0.3 is 10.4 Å². The van der Waals surface area contributed by atoms with Gasteiger partial charge in [-0.1, -0.05) is 50.0 Å². The number of rotatable bonds is 3. The van der Waals surface area contributed by atoms with E-state index in [0.717, 1.165) is 0 Å². The molecule has 0 aliphatic carbocycles. The summed E-state index contributed by atoms with van der Waals surface area (Å²) in [6.07, 6.45) is 0. The van der Waals surface area contributed by atoms with Gasteiger partial charge in [-0.25, -0.2) is 0 Å². The second-order valence-electron chi connectivity index (χ2n) is 5.23. The molecule has 0 aliphatic heterocycles. The molecule has 104 valence electrons. The average Bonchev–Trinajstić information content (AvgIpc) is 2.22. The molecule has 0 spiro atoms. The molecule has 6 heteroatoms. The fourth-order valence-electron chi connectivity index (χ4n) is 1.68. The maximum absolute atomic E-state index is 12.1. The summed E-state index contributed by atoms with van der Waals surface area (Å²) in [5.41, 5.74) is -0.407. The molecule has 0 aliphatic rings. The normalized spacial score (nSPS) is 12.9. The predicted molar refractivity (Wildman–Crippen MR) is 75.7 cm³/mol. The molecule has 0 bridgehead atoms. The minimum absolute atomic E-state index is 0.190. The van der Waals surface area contributed by atoms with Crippen LogP contribution in [0.5, 0.6) is 0 Å². The van der Waals surface area contributed by atoms with Crippen LogP contribution in [-0.2, 0) is 9.59 Å². The molecule has 0 saturated carbocycles. The topological polar surface area (TPSA) is 66.4 Å². The number of carbonyl (C=O) groups excluding carboxylic acids is 1. The molecule has 19 heavy (non-hydrogen) atoms. The van der Waals surface area contributed by atoms with E-state index in [1.807, 2.05) is 0 Å². The monoisotopic (exact) mass is 303 g/mol. The van der Waals surface area contributed by atoms with Gasteiger partial charge in [-0.15, -0.1) is 0 Å². The van der Waals surface area contributed by atoms with Gasteiger partial charge in [0.25, 0.3) is 0 Å². The first-order valence-electron chi connectivity index (χ1n) is 5.62. The molecule has 0 radical (unpaired) electrons. The lowest BCUT2D eigenvalue weighted by atomic mass is 9.80. The molecule has 2 N–H and O–H groups in total. The maximum atomic E-state index is 12.1. The Hall–Kier alpha value is -1.26. The Morgan fingerprint density at radius 3 is 2.32 bits per heavy atom. The van der Waals surface area contributed by atoms with Crippen molar-refractivity contribution in [2.24, 2.45) is 11.3 Å². The van der Waals surface area contributed by atoms with Crippen molar-refractivity contribution >= 4 is 40.8 Å². The quantitative estimate of drug-likeness (QED) is 0.837. The number of benzene rings is 1. The average molecular weight is 304 g/mol. The number of halogens is 2. The number of carboxylic acids is 1. The number of anilines is 1. The van der Waals surface area contributed by atoms with Crippen LogP contribution in [-0.4, -0.2) is 17.0 Å². The van der Waals surface area contributed by atoms with Crippen LogP contribution in [0.25, 0.3) is 0 Å². The van der Waals surface area contributed by atoms with Crippen molar-refractivity contribution in [3.8, 4) is 0 Å². The number of carbonyl (C=O) groups is 2. The van der Waals surface area contributed by atoms with Crippen LogP contribution in [0.1, 0.15) is 20.8 Å². The van der Waals surface area contributed by atoms with Crippen molar-refractivity contribution < 1.29 is 14.7 Å². The van der Waals surface area contributed by atoms with E-state index in [2.05, 4.69) is 5.32 Å². The fraction of sp³-hybridized carbons (Fsp3) is 0.385. The van der Waals surface area contributed by atoms with Gasteiger partial charge in [-0.05, 0) is 17.5 Å². The lowest BCUT2D eigenvalue weighted by molar-refractivity contribution is -0.149. The SMILES string of the molecule is CC(C)(C)C(C(=O)O)C(=O)Nc1cccc(Cl)c1Cl. The standard InChI is InChI=1S/C13H15Cl2NO3/c1-13(2,3)9(12(18)19)11(17)16-8-6-4-5-7(14)10(8)15/h4-6,9H,1-3H3,(H,16,17)(H,18,19). The van der Waals surface area contributed by atoms with Crippen LogP contribution in [0.15, 0.2) is 18.2 Å². The molecule has 4 nitrogen and oxygen atoms in total. The Labute approximate surface area is 121 Å². The maximum Gasteiger partial charge on any atom is 0.316 e. The number of aliphatic carboxylic acids is 1. The van der Waals surface area contributed by atoms with E-state index in [4.69, 9.17) is 28.3 Å². The summed E-state index contributed by atoms with van der Waals surface area (Å²) in [6.45, 7) is 5.06. The molecule has 1 aromatic rings. The number of carboxylic acid groups (broad SMARTS) is 1. The molecule has 1 atom stereocenters. The van der Waals surface area contributed by atoms with Gasteiger partial charge in [0.1, 0.15) is 5.92 Å². The lowest BCUT2D eigenvalue weighted by Gasteiger charge is -2.26. The molecule has 0 fully saturated rings. The van der Waals surface area contributed by atoms with Crippen molar-refractivity contribution in [1.82, 2.24) is 0 Å². The van der Waals surface area contributed by atoms with Gasteiger partial charge in [-0.2, -0.15) is 0 Å². The number of nitrogens with one attached hydrogen (secondary N) is 1. The fourth-order valence-corrected chi connectivity index (χ4v) is 2.03. The summed E-state index contributed by atoms with van der Waals surface area (Å²) in [7, 11) is 0. The number of amides is 1. The van der Waals surface area contributed by atoms with Crippen molar-refractivity contribution in [3.05, 3.63) is 28.2 Å². The van der Waals surface area contributed by atoms with Crippen LogP contribution in [0.4, 0.5) is 5.69 Å². The van der Waals surface area contributed by atoms with E-state index in [1.165, 1.54) is 0 Å². The van der Waals surface area contributed by atoms with Gasteiger partial charge in [0.2, 0.25) is 5.91 Å². The van der Waals surface area contributed by atoms with Crippen molar-refractivity contribution in [2.45, 2.75) is 20.8 Å². The van der Waals surface area contributed by atoms with E-state index < -0.39 is 23.2 Å². The number of hydrogen-bond acceptors (Lipinski definition) is 2. The first-order chi connectivity index (χ1) is 8.64. The van der Waals surface area contributed by atoms with Crippen LogP contribution in [0.2, 0.25) is 10.0 Å². The van der Waals surface area contributed by atoms with E-state index in [9.17, 15) is 9.59 Å². The molecule has 1 amide bonds. The third-order valence-electron chi connectivity index (χ3n) is 2.58. The van der Waals surface area contributed by atoms with Crippen LogP contribution < -0.4 is 5.32 Å². The smallest absolute Gasteiger partial charge is 0.316 e. The second kappa shape index (κ2) is 5.80. The van der Waals surface area contributed by atoms with Crippen molar-refractivity contribution in [1.29, 1.82) is 0 Å². The van der Waals surface area contributed by atoms with Crippen molar-refractivity contribution in [3.63, 3.8) is 0 Å². The highest BCUT2D eigenvalue weighted by molar-refractivity contribution is 6.44. The molecule has 1 unspecified atom stereocenters. The Balaban J connectivity index is 3.01. The highest BCUT2D eigenvalue weighted by Crippen LogP contribution is 2.32. The zero-order valence-electron chi connectivity index (χ0n) is 10.8. The lowest BCUT2D eigenvalue weighted by Crippen LogP contribution is -2.39. The first kappa shape index (κ1) is 15.8. The van der Waals surface area contributed by atoms with Crippen LogP contribution in [0, 0.1) is 11.3 Å². The molecule has 0 aromatic heterocycles. The molecule has 1 aromatic carbocycles. The van der Waals surface area contributed by atoms with Gasteiger partial charge in [-0.3, -0.25) is 9.59 Å². The van der Waals surface area contributed by atoms with Gasteiger partial charge in [0.15, 0.2) is 0 Å². The molecular formula is C13H15Cl2NO3. The largest absolute Gasteiger partial charge is 0.481 e. The number of hydrogen-bond donors (Lipinski definition) is 2. The Morgan fingerprint density at radius 1 is 1.26 bits per heavy atom.